The van der Waals surface area contributed by atoms with E-state index in [1.807, 2.05) is 30.3 Å². The van der Waals surface area contributed by atoms with Gasteiger partial charge in [0.15, 0.2) is 0 Å². The van der Waals surface area contributed by atoms with Crippen molar-refractivity contribution in [1.82, 2.24) is 5.32 Å². The zero-order valence-corrected chi connectivity index (χ0v) is 18.8. The fourth-order valence-electron chi connectivity index (χ4n) is 3.49. The molecule has 3 aromatic carbocycles. The second-order valence-corrected chi connectivity index (χ2v) is 9.84. The average molecular weight is 437 g/mol. The number of rotatable bonds is 8. The van der Waals surface area contributed by atoms with Crippen LogP contribution in [-0.2, 0) is 10.0 Å². The van der Waals surface area contributed by atoms with Gasteiger partial charge in [0, 0.05) is 7.05 Å². The Morgan fingerprint density at radius 1 is 0.871 bits per heavy atom. The number of sulfonamides is 1. The highest BCUT2D eigenvalue weighted by atomic mass is 32.2. The third kappa shape index (κ3) is 5.33. The maximum atomic E-state index is 13.3. The van der Waals surface area contributed by atoms with E-state index in [0.29, 0.717) is 17.2 Å². The molecule has 3 rings (SSSR count). The minimum Gasteiger partial charge on any atom is -0.345 e. The van der Waals surface area contributed by atoms with Crippen LogP contribution in [0.3, 0.4) is 0 Å². The zero-order valence-electron chi connectivity index (χ0n) is 18.0. The van der Waals surface area contributed by atoms with Crippen LogP contribution < -0.4 is 9.62 Å². The first-order valence-corrected chi connectivity index (χ1v) is 11.7. The molecule has 0 aliphatic rings. The van der Waals surface area contributed by atoms with Gasteiger partial charge in [0.2, 0.25) is 0 Å². The lowest BCUT2D eigenvalue weighted by Gasteiger charge is -2.25. The largest absolute Gasteiger partial charge is 0.345 e. The summed E-state index contributed by atoms with van der Waals surface area (Å²) in [7, 11) is -2.32. The highest BCUT2D eigenvalue weighted by molar-refractivity contribution is 7.92. The van der Waals surface area contributed by atoms with Gasteiger partial charge in [-0.1, -0.05) is 74.5 Å². The Morgan fingerprint density at radius 2 is 1.42 bits per heavy atom. The first-order valence-electron chi connectivity index (χ1n) is 10.3. The van der Waals surface area contributed by atoms with Gasteiger partial charge in [0.05, 0.1) is 22.2 Å². The van der Waals surface area contributed by atoms with Crippen LogP contribution >= 0.6 is 0 Å². The maximum absolute atomic E-state index is 13.3. The number of carbonyl (C=O) groups excluding carboxylic acids is 1. The Hall–Kier alpha value is -3.12. The van der Waals surface area contributed by atoms with Crippen molar-refractivity contribution >= 4 is 21.6 Å². The molecule has 0 aliphatic heterocycles. The Balaban J connectivity index is 1.92. The number of benzene rings is 3. The summed E-state index contributed by atoms with van der Waals surface area (Å²) in [6.45, 7) is 4.21. The van der Waals surface area contributed by atoms with Crippen LogP contribution in [0.5, 0.6) is 0 Å². The van der Waals surface area contributed by atoms with E-state index in [1.165, 1.54) is 7.05 Å². The van der Waals surface area contributed by atoms with Gasteiger partial charge in [-0.05, 0) is 42.2 Å². The molecule has 0 radical (unpaired) electrons. The summed E-state index contributed by atoms with van der Waals surface area (Å²) in [4.78, 5) is 13.4. The normalized spacial score (nSPS) is 12.4. The Bertz CT molecular complexity index is 1110. The van der Waals surface area contributed by atoms with E-state index >= 15 is 0 Å². The maximum Gasteiger partial charge on any atom is 0.264 e. The monoisotopic (exact) mass is 436 g/mol. The number of amides is 1. The summed E-state index contributed by atoms with van der Waals surface area (Å²) in [6, 6.07) is 24.6. The highest BCUT2D eigenvalue weighted by Crippen LogP contribution is 2.27. The number of hydrogen-bond donors (Lipinski definition) is 1. The van der Waals surface area contributed by atoms with Crippen LogP contribution in [-0.4, -0.2) is 21.4 Å². The van der Waals surface area contributed by atoms with E-state index in [1.54, 1.807) is 54.6 Å². The van der Waals surface area contributed by atoms with Crippen LogP contribution in [0.15, 0.2) is 89.8 Å². The van der Waals surface area contributed by atoms with E-state index < -0.39 is 10.0 Å². The third-order valence-corrected chi connectivity index (χ3v) is 6.89. The van der Waals surface area contributed by atoms with Crippen molar-refractivity contribution in [3.63, 3.8) is 0 Å². The van der Waals surface area contributed by atoms with Gasteiger partial charge in [0.25, 0.3) is 15.9 Å². The standard InChI is InChI=1S/C25H28N2O3S/c1-19(2)18-23(20-12-6-4-7-13-20)26-25(28)22-16-10-11-17-24(22)27(3)31(29,30)21-14-8-5-9-15-21/h4-17,19,23H,18H2,1-3H3,(H,26,28)/t23-/m0/s1. The van der Waals surface area contributed by atoms with Crippen LogP contribution in [0, 0.1) is 5.92 Å². The SMILES string of the molecule is CC(C)C[C@H](NC(=O)c1ccccc1N(C)S(=O)(=O)c1ccccc1)c1ccccc1. The van der Waals surface area contributed by atoms with Gasteiger partial charge in [0.1, 0.15) is 0 Å². The molecule has 0 fully saturated rings. The predicted molar refractivity (Wildman–Crippen MR) is 125 cm³/mol. The highest BCUT2D eigenvalue weighted by Gasteiger charge is 2.26. The predicted octanol–water partition coefficient (Wildman–Crippen LogP) is 5.03. The summed E-state index contributed by atoms with van der Waals surface area (Å²) < 4.78 is 27.3. The summed E-state index contributed by atoms with van der Waals surface area (Å²) in [5.41, 5.74) is 1.67. The minimum absolute atomic E-state index is 0.169. The smallest absolute Gasteiger partial charge is 0.264 e. The molecule has 0 saturated carbocycles. The summed E-state index contributed by atoms with van der Waals surface area (Å²) in [5.74, 6) is 0.0714. The number of anilines is 1. The molecule has 31 heavy (non-hydrogen) atoms. The molecule has 3 aromatic rings. The Kier molecular flexibility index (Phi) is 7.13. The van der Waals surface area contributed by atoms with E-state index in [-0.39, 0.29) is 16.8 Å². The molecule has 0 unspecified atom stereocenters. The second-order valence-electron chi connectivity index (χ2n) is 7.87. The molecule has 0 spiro atoms. The van der Waals surface area contributed by atoms with Gasteiger partial charge >= 0.3 is 0 Å². The number of nitrogens with one attached hydrogen (secondary N) is 1. The van der Waals surface area contributed by atoms with E-state index in [9.17, 15) is 13.2 Å². The minimum atomic E-state index is -3.79. The van der Waals surface area contributed by atoms with Crippen molar-refractivity contribution in [2.45, 2.75) is 31.2 Å². The summed E-state index contributed by atoms with van der Waals surface area (Å²) in [6.07, 6.45) is 0.774. The fourth-order valence-corrected chi connectivity index (χ4v) is 4.73. The third-order valence-electron chi connectivity index (χ3n) is 5.10. The molecule has 5 nitrogen and oxygen atoms in total. The van der Waals surface area contributed by atoms with Gasteiger partial charge in [-0.25, -0.2) is 8.42 Å². The number of nitrogens with zero attached hydrogens (tertiary/aromatic N) is 1. The molecule has 0 bridgehead atoms. The van der Waals surface area contributed by atoms with Crippen LogP contribution in [0.2, 0.25) is 0 Å². The quantitative estimate of drug-likeness (QED) is 0.539. The molecule has 0 aromatic heterocycles. The number of para-hydroxylation sites is 1. The molecular weight excluding hydrogens is 408 g/mol. The summed E-state index contributed by atoms with van der Waals surface area (Å²) in [5, 5.41) is 3.11. The molecule has 0 heterocycles. The van der Waals surface area contributed by atoms with E-state index in [4.69, 9.17) is 0 Å². The molecule has 0 saturated heterocycles. The van der Waals surface area contributed by atoms with Crippen molar-refractivity contribution in [2.24, 2.45) is 5.92 Å². The van der Waals surface area contributed by atoms with Crippen LogP contribution in [0.25, 0.3) is 0 Å². The van der Waals surface area contributed by atoms with Crippen LogP contribution in [0.1, 0.15) is 42.2 Å². The number of carbonyl (C=O) groups is 1. The van der Waals surface area contributed by atoms with Crippen molar-refractivity contribution in [3.8, 4) is 0 Å². The molecule has 1 amide bonds. The first-order chi connectivity index (χ1) is 14.8. The lowest BCUT2D eigenvalue weighted by molar-refractivity contribution is 0.0932. The van der Waals surface area contributed by atoms with Crippen molar-refractivity contribution in [2.75, 3.05) is 11.4 Å². The summed E-state index contributed by atoms with van der Waals surface area (Å²) >= 11 is 0. The van der Waals surface area contributed by atoms with Crippen molar-refractivity contribution < 1.29 is 13.2 Å². The van der Waals surface area contributed by atoms with Gasteiger partial charge in [-0.3, -0.25) is 9.10 Å². The fraction of sp³-hybridized carbons (Fsp3) is 0.240. The molecule has 6 heteroatoms. The van der Waals surface area contributed by atoms with Gasteiger partial charge < -0.3 is 5.32 Å². The topological polar surface area (TPSA) is 66.5 Å². The molecule has 1 atom stereocenters. The van der Waals surface area contributed by atoms with Gasteiger partial charge in [-0.2, -0.15) is 0 Å². The van der Waals surface area contributed by atoms with Crippen molar-refractivity contribution in [1.29, 1.82) is 0 Å². The molecular formula is C25H28N2O3S. The Labute approximate surface area is 184 Å². The average Bonchev–Trinajstić information content (AvgIpc) is 2.79. The van der Waals surface area contributed by atoms with Crippen LogP contribution in [0.4, 0.5) is 5.69 Å². The van der Waals surface area contributed by atoms with E-state index in [2.05, 4.69) is 19.2 Å². The van der Waals surface area contributed by atoms with Crippen molar-refractivity contribution in [3.05, 3.63) is 96.1 Å². The zero-order chi connectivity index (χ0) is 22.4. The molecule has 0 aliphatic carbocycles. The Morgan fingerprint density at radius 3 is 2.03 bits per heavy atom. The number of hydrogen-bond acceptors (Lipinski definition) is 3. The lowest BCUT2D eigenvalue weighted by atomic mass is 9.96. The van der Waals surface area contributed by atoms with E-state index in [0.717, 1.165) is 16.3 Å². The second kappa shape index (κ2) is 9.79. The molecule has 162 valence electrons. The first kappa shape index (κ1) is 22.6. The van der Waals surface area contributed by atoms with Gasteiger partial charge in [-0.15, -0.1) is 0 Å². The lowest BCUT2D eigenvalue weighted by Crippen LogP contribution is -2.33. The molecule has 1 N–H and O–H groups in total.